The van der Waals surface area contributed by atoms with Crippen LogP contribution in [0, 0.1) is 0 Å². The first-order valence-corrected chi connectivity index (χ1v) is 8.66. The zero-order valence-corrected chi connectivity index (χ0v) is 14.9. The van der Waals surface area contributed by atoms with Crippen molar-refractivity contribution in [2.75, 3.05) is 13.7 Å². The fourth-order valence-electron chi connectivity index (χ4n) is 2.82. The van der Waals surface area contributed by atoms with Gasteiger partial charge >= 0.3 is 11.9 Å². The first-order valence-electron chi connectivity index (χ1n) is 8.66. The molecule has 0 spiro atoms. The minimum absolute atomic E-state index is 0.0227. The Morgan fingerprint density at radius 3 is 2.78 bits per heavy atom. The number of methoxy groups -OCH3 is 1. The van der Waals surface area contributed by atoms with E-state index in [9.17, 15) is 9.59 Å². The molecule has 0 saturated carbocycles. The summed E-state index contributed by atoms with van der Waals surface area (Å²) in [5, 5.41) is 8.77. The van der Waals surface area contributed by atoms with Crippen molar-refractivity contribution in [3.8, 4) is 5.88 Å². The molecule has 1 atom stereocenters. The summed E-state index contributed by atoms with van der Waals surface area (Å²) in [5.41, 5.74) is 2.25. The Morgan fingerprint density at radius 2 is 2.07 bits per heavy atom. The second kappa shape index (κ2) is 8.44. The van der Waals surface area contributed by atoms with Gasteiger partial charge in [0.05, 0.1) is 30.3 Å². The molecule has 1 unspecified atom stereocenters. The van der Waals surface area contributed by atoms with Gasteiger partial charge in [-0.2, -0.15) is 0 Å². The number of esters is 1. The quantitative estimate of drug-likeness (QED) is 0.591. The summed E-state index contributed by atoms with van der Waals surface area (Å²) in [5.74, 6) is -0.931. The maximum atomic E-state index is 11.8. The molecular formula is C20H20N2O5. The van der Waals surface area contributed by atoms with Crippen LogP contribution in [0.1, 0.15) is 41.2 Å². The summed E-state index contributed by atoms with van der Waals surface area (Å²) in [7, 11) is 1.32. The molecular weight excluding hydrogens is 348 g/mol. The minimum atomic E-state index is -0.869. The van der Waals surface area contributed by atoms with Crippen LogP contribution in [0.2, 0.25) is 0 Å². The first kappa shape index (κ1) is 18.6. The van der Waals surface area contributed by atoms with Crippen molar-refractivity contribution in [2.45, 2.75) is 25.2 Å². The molecule has 1 aliphatic carbocycles. The number of aromatic nitrogens is 2. The van der Waals surface area contributed by atoms with Crippen LogP contribution in [0.5, 0.6) is 5.88 Å². The molecule has 1 aromatic heterocycles. The van der Waals surface area contributed by atoms with E-state index in [0.717, 1.165) is 6.42 Å². The second-order valence-electron chi connectivity index (χ2n) is 6.11. The number of carbonyl (C=O) groups is 2. The molecule has 0 amide bonds. The molecule has 0 radical (unpaired) electrons. The molecule has 7 nitrogen and oxygen atoms in total. The molecule has 1 aromatic carbocycles. The third kappa shape index (κ3) is 4.49. The molecule has 1 N–H and O–H groups in total. The van der Waals surface area contributed by atoms with Crippen LogP contribution < -0.4 is 4.74 Å². The molecule has 0 saturated heterocycles. The van der Waals surface area contributed by atoms with Gasteiger partial charge in [0.25, 0.3) is 0 Å². The average Bonchev–Trinajstić information content (AvgIpc) is 2.70. The Morgan fingerprint density at radius 1 is 1.22 bits per heavy atom. The van der Waals surface area contributed by atoms with Gasteiger partial charge in [0, 0.05) is 12.3 Å². The molecule has 1 heterocycles. The zero-order valence-electron chi connectivity index (χ0n) is 14.9. The highest BCUT2D eigenvalue weighted by Gasteiger charge is 2.19. The van der Waals surface area contributed by atoms with E-state index >= 15 is 0 Å². The van der Waals surface area contributed by atoms with Crippen molar-refractivity contribution in [3.05, 3.63) is 53.8 Å². The highest BCUT2D eigenvalue weighted by Crippen LogP contribution is 2.31. The van der Waals surface area contributed by atoms with E-state index in [1.54, 1.807) is 18.2 Å². The van der Waals surface area contributed by atoms with Crippen molar-refractivity contribution in [1.82, 2.24) is 9.97 Å². The first-order chi connectivity index (χ1) is 13.1. The summed E-state index contributed by atoms with van der Waals surface area (Å²) in [6.45, 7) is 0.225. The normalized spacial score (nSPS) is 15.7. The van der Waals surface area contributed by atoms with E-state index in [2.05, 4.69) is 4.98 Å². The molecule has 0 fully saturated rings. The lowest BCUT2D eigenvalue weighted by atomic mass is 9.97. The molecule has 0 aliphatic heterocycles. The number of carboxylic acid groups (broad SMARTS) is 1. The molecule has 7 heteroatoms. The summed E-state index contributed by atoms with van der Waals surface area (Å²) < 4.78 is 10.5. The number of hydrogen-bond donors (Lipinski definition) is 1. The topological polar surface area (TPSA) is 98.6 Å². The van der Waals surface area contributed by atoms with E-state index in [1.807, 2.05) is 24.3 Å². The number of allylic oxidation sites excluding steroid dienone is 4. The minimum Gasteiger partial charge on any atom is -0.481 e. The van der Waals surface area contributed by atoms with Crippen LogP contribution in [-0.4, -0.2) is 40.7 Å². The van der Waals surface area contributed by atoms with E-state index in [1.165, 1.54) is 7.11 Å². The fourth-order valence-corrected chi connectivity index (χ4v) is 2.82. The lowest BCUT2D eigenvalue weighted by Gasteiger charge is -2.17. The van der Waals surface area contributed by atoms with Crippen LogP contribution in [0.4, 0.5) is 0 Å². The van der Waals surface area contributed by atoms with Crippen LogP contribution in [-0.2, 0) is 9.53 Å². The van der Waals surface area contributed by atoms with Gasteiger partial charge in [-0.25, -0.2) is 14.8 Å². The fraction of sp³-hybridized carbons (Fsp3) is 0.300. The number of aliphatic carboxylic acids is 1. The van der Waals surface area contributed by atoms with Crippen molar-refractivity contribution in [3.63, 3.8) is 0 Å². The lowest BCUT2D eigenvalue weighted by molar-refractivity contribution is -0.137. The van der Waals surface area contributed by atoms with Gasteiger partial charge in [0.15, 0.2) is 0 Å². The van der Waals surface area contributed by atoms with Gasteiger partial charge in [-0.15, -0.1) is 0 Å². The summed E-state index contributed by atoms with van der Waals surface area (Å²) in [4.78, 5) is 31.7. The maximum Gasteiger partial charge on any atom is 0.337 e. The number of hydrogen-bond acceptors (Lipinski definition) is 6. The Hall–Kier alpha value is -3.22. The summed E-state index contributed by atoms with van der Waals surface area (Å²) >= 11 is 0. The number of rotatable bonds is 7. The van der Waals surface area contributed by atoms with Gasteiger partial charge in [-0.3, -0.25) is 4.79 Å². The summed E-state index contributed by atoms with van der Waals surface area (Å²) in [6.07, 6.45) is 9.18. The maximum absolute atomic E-state index is 11.8. The third-order valence-corrected chi connectivity index (χ3v) is 4.18. The molecule has 27 heavy (non-hydrogen) atoms. The van der Waals surface area contributed by atoms with Crippen molar-refractivity contribution in [1.29, 1.82) is 0 Å². The van der Waals surface area contributed by atoms with Crippen molar-refractivity contribution >= 4 is 23.0 Å². The van der Waals surface area contributed by atoms with Gasteiger partial charge in [-0.1, -0.05) is 24.3 Å². The van der Waals surface area contributed by atoms with Crippen LogP contribution in [0.3, 0.4) is 0 Å². The second-order valence-corrected chi connectivity index (χ2v) is 6.11. The molecule has 3 rings (SSSR count). The van der Waals surface area contributed by atoms with Gasteiger partial charge < -0.3 is 14.6 Å². The standard InChI is InChI=1S/C20H20N2O5/c1-26-20(25)14-9-10-15-16(12-14)22-19(27-11-5-8-17(23)24)18(21-15)13-6-3-2-4-7-13/h2-4,6,9-10,12-13H,5,7-8,11H2,1H3,(H,23,24). The SMILES string of the molecule is COC(=O)c1ccc2nc(C3C=CC=CC3)c(OCCCC(=O)O)nc2c1. The van der Waals surface area contributed by atoms with Crippen molar-refractivity contribution < 1.29 is 24.2 Å². The lowest BCUT2D eigenvalue weighted by Crippen LogP contribution is -2.10. The number of carboxylic acids is 1. The number of ether oxygens (including phenoxy) is 2. The van der Waals surface area contributed by atoms with Crippen LogP contribution >= 0.6 is 0 Å². The average molecular weight is 368 g/mol. The Labute approximate surface area is 156 Å². The van der Waals surface area contributed by atoms with E-state index < -0.39 is 11.9 Å². The summed E-state index contributed by atoms with van der Waals surface area (Å²) in [6, 6.07) is 4.99. The van der Waals surface area contributed by atoms with E-state index in [-0.39, 0.29) is 18.9 Å². The van der Waals surface area contributed by atoms with Crippen molar-refractivity contribution in [2.24, 2.45) is 0 Å². The number of carbonyl (C=O) groups excluding carboxylic acids is 1. The Balaban J connectivity index is 1.95. The Bertz CT molecular complexity index is 920. The monoisotopic (exact) mass is 368 g/mol. The number of fused-ring (bicyclic) bond motifs is 1. The van der Waals surface area contributed by atoms with Gasteiger partial charge in [0.2, 0.25) is 5.88 Å². The highest BCUT2D eigenvalue weighted by atomic mass is 16.5. The smallest absolute Gasteiger partial charge is 0.337 e. The third-order valence-electron chi connectivity index (χ3n) is 4.18. The largest absolute Gasteiger partial charge is 0.481 e. The predicted octanol–water partition coefficient (Wildman–Crippen LogP) is 3.26. The molecule has 0 bridgehead atoms. The van der Waals surface area contributed by atoms with Crippen LogP contribution in [0.25, 0.3) is 11.0 Å². The van der Waals surface area contributed by atoms with E-state index in [4.69, 9.17) is 19.6 Å². The predicted molar refractivity (Wildman–Crippen MR) is 98.9 cm³/mol. The molecule has 2 aromatic rings. The van der Waals surface area contributed by atoms with Gasteiger partial charge in [-0.05, 0) is 31.0 Å². The highest BCUT2D eigenvalue weighted by molar-refractivity contribution is 5.93. The number of nitrogens with zero attached hydrogens (tertiary/aromatic N) is 2. The zero-order chi connectivity index (χ0) is 19.2. The molecule has 1 aliphatic rings. The number of benzene rings is 1. The van der Waals surface area contributed by atoms with Crippen LogP contribution in [0.15, 0.2) is 42.5 Å². The molecule has 140 valence electrons. The Kier molecular flexibility index (Phi) is 5.80. The van der Waals surface area contributed by atoms with E-state index in [0.29, 0.717) is 34.6 Å². The van der Waals surface area contributed by atoms with Gasteiger partial charge in [0.1, 0.15) is 5.69 Å².